The van der Waals surface area contributed by atoms with Crippen LogP contribution in [0.5, 0.6) is 0 Å². The van der Waals surface area contributed by atoms with Gasteiger partial charge < -0.3 is 10.2 Å². The lowest BCUT2D eigenvalue weighted by molar-refractivity contribution is 0.795. The highest BCUT2D eigenvalue weighted by Crippen LogP contribution is 2.18. The summed E-state index contributed by atoms with van der Waals surface area (Å²) in [6.07, 6.45) is 3.53. The molecular weight excluding hydrogens is 286 g/mol. The fourth-order valence-corrected chi connectivity index (χ4v) is 2.02. The van der Waals surface area contributed by atoms with Crippen LogP contribution in [0.3, 0.4) is 0 Å². The van der Waals surface area contributed by atoms with Crippen LogP contribution in [0.25, 0.3) is 0 Å². The van der Waals surface area contributed by atoms with Gasteiger partial charge in [-0.3, -0.25) is 0 Å². The molecule has 0 saturated carbocycles. The van der Waals surface area contributed by atoms with Gasteiger partial charge in [0.15, 0.2) is 0 Å². The van der Waals surface area contributed by atoms with E-state index in [0.29, 0.717) is 11.9 Å². The zero-order valence-electron chi connectivity index (χ0n) is 12.6. The molecule has 1 N–H and O–H groups in total. The lowest BCUT2D eigenvalue weighted by atomic mass is 10.1. The molecule has 6 heteroatoms. The summed E-state index contributed by atoms with van der Waals surface area (Å²) in [5.41, 5.74) is 2.27. The van der Waals surface area contributed by atoms with Crippen LogP contribution in [0.1, 0.15) is 25.3 Å². The van der Waals surface area contributed by atoms with Crippen molar-refractivity contribution in [1.29, 1.82) is 0 Å². The van der Waals surface area contributed by atoms with Gasteiger partial charge in [-0.2, -0.15) is 15.0 Å². The number of nitrogens with zero attached hydrogens (tertiary/aromatic N) is 4. The van der Waals surface area contributed by atoms with E-state index in [1.54, 1.807) is 4.90 Å². The number of aryl methyl sites for hydroxylation is 1. The maximum Gasteiger partial charge on any atom is 0.233 e. The van der Waals surface area contributed by atoms with Gasteiger partial charge in [0, 0.05) is 19.8 Å². The van der Waals surface area contributed by atoms with Gasteiger partial charge in [0.05, 0.1) is 0 Å². The second kappa shape index (κ2) is 7.22. The smallest absolute Gasteiger partial charge is 0.233 e. The molecule has 0 bridgehead atoms. The molecule has 1 aromatic heterocycles. The predicted molar refractivity (Wildman–Crippen MR) is 87.5 cm³/mol. The third-order valence-electron chi connectivity index (χ3n) is 3.03. The van der Waals surface area contributed by atoms with E-state index in [9.17, 15) is 0 Å². The number of hydrogen-bond donors (Lipinski definition) is 1. The highest BCUT2D eigenvalue weighted by Gasteiger charge is 2.06. The van der Waals surface area contributed by atoms with Crippen LogP contribution in [0.2, 0.25) is 5.28 Å². The summed E-state index contributed by atoms with van der Waals surface area (Å²) in [6.45, 7) is 2.20. The van der Waals surface area contributed by atoms with Crippen molar-refractivity contribution in [3.8, 4) is 0 Å². The normalized spacial score (nSPS) is 10.5. The highest BCUT2D eigenvalue weighted by molar-refractivity contribution is 6.28. The van der Waals surface area contributed by atoms with Gasteiger partial charge in [-0.15, -0.1) is 0 Å². The van der Waals surface area contributed by atoms with Gasteiger partial charge in [0.25, 0.3) is 0 Å². The average Bonchev–Trinajstić information content (AvgIpc) is 2.46. The summed E-state index contributed by atoms with van der Waals surface area (Å²) in [4.78, 5) is 14.2. The molecule has 1 aromatic carbocycles. The van der Waals surface area contributed by atoms with E-state index in [1.165, 1.54) is 18.4 Å². The van der Waals surface area contributed by atoms with E-state index in [4.69, 9.17) is 11.6 Å². The Balaban J connectivity index is 2.10. The Morgan fingerprint density at radius 3 is 2.43 bits per heavy atom. The van der Waals surface area contributed by atoms with Crippen molar-refractivity contribution in [2.75, 3.05) is 24.3 Å². The SMILES string of the molecule is CCCCc1ccc(Nc2nc(Cl)nc(N(C)C)n2)cc1. The standard InChI is InChI=1S/C15H20ClN5/c1-4-5-6-11-7-9-12(10-8-11)17-14-18-13(16)19-15(20-14)21(2)3/h7-10H,4-6H2,1-3H3,(H,17,18,19,20). The number of benzene rings is 1. The Morgan fingerprint density at radius 1 is 1.10 bits per heavy atom. The van der Waals surface area contributed by atoms with E-state index < -0.39 is 0 Å². The minimum absolute atomic E-state index is 0.177. The van der Waals surface area contributed by atoms with E-state index in [0.717, 1.165) is 12.1 Å². The molecule has 2 rings (SSSR count). The van der Waals surface area contributed by atoms with Gasteiger partial charge in [-0.1, -0.05) is 25.5 Å². The lowest BCUT2D eigenvalue weighted by Gasteiger charge is -2.12. The Hall–Kier alpha value is -1.88. The third kappa shape index (κ3) is 4.56. The summed E-state index contributed by atoms with van der Waals surface area (Å²) in [5, 5.41) is 3.33. The Labute approximate surface area is 130 Å². The second-order valence-corrected chi connectivity index (χ2v) is 5.39. The number of anilines is 3. The molecule has 0 unspecified atom stereocenters. The minimum atomic E-state index is 0.177. The number of halogens is 1. The Morgan fingerprint density at radius 2 is 1.81 bits per heavy atom. The summed E-state index contributed by atoms with van der Waals surface area (Å²) < 4.78 is 0. The van der Waals surface area contributed by atoms with Crippen LogP contribution in [-0.2, 0) is 6.42 Å². The van der Waals surface area contributed by atoms with Gasteiger partial charge in [-0.25, -0.2) is 0 Å². The molecule has 112 valence electrons. The second-order valence-electron chi connectivity index (χ2n) is 5.05. The van der Waals surface area contributed by atoms with E-state index in [-0.39, 0.29) is 5.28 Å². The number of rotatable bonds is 6. The number of unbranched alkanes of at least 4 members (excludes halogenated alkanes) is 1. The Kier molecular flexibility index (Phi) is 5.33. The minimum Gasteiger partial charge on any atom is -0.347 e. The van der Waals surface area contributed by atoms with Crippen molar-refractivity contribution in [2.45, 2.75) is 26.2 Å². The van der Waals surface area contributed by atoms with Crippen molar-refractivity contribution in [1.82, 2.24) is 15.0 Å². The first-order valence-electron chi connectivity index (χ1n) is 7.03. The summed E-state index contributed by atoms with van der Waals surface area (Å²) >= 11 is 5.91. The molecule has 0 aliphatic heterocycles. The molecule has 1 heterocycles. The van der Waals surface area contributed by atoms with Crippen molar-refractivity contribution in [3.05, 3.63) is 35.1 Å². The molecule has 5 nitrogen and oxygen atoms in total. The van der Waals surface area contributed by atoms with Crippen molar-refractivity contribution in [2.24, 2.45) is 0 Å². The Bertz CT molecular complexity index is 583. The number of aromatic nitrogens is 3. The molecule has 0 spiro atoms. The van der Waals surface area contributed by atoms with E-state index in [2.05, 4.69) is 39.3 Å². The molecule has 2 aromatic rings. The van der Waals surface area contributed by atoms with Crippen LogP contribution in [0.15, 0.2) is 24.3 Å². The zero-order valence-corrected chi connectivity index (χ0v) is 13.4. The van der Waals surface area contributed by atoms with Crippen molar-refractivity contribution >= 4 is 29.2 Å². The molecule has 21 heavy (non-hydrogen) atoms. The highest BCUT2D eigenvalue weighted by atomic mass is 35.5. The molecule has 0 saturated heterocycles. The van der Waals surface area contributed by atoms with E-state index in [1.807, 2.05) is 26.2 Å². The average molecular weight is 306 g/mol. The molecule has 0 fully saturated rings. The molecule has 0 aliphatic rings. The summed E-state index contributed by atoms with van der Waals surface area (Å²) in [5.74, 6) is 0.970. The first-order valence-corrected chi connectivity index (χ1v) is 7.41. The van der Waals surface area contributed by atoms with Gasteiger partial charge in [0.2, 0.25) is 17.2 Å². The van der Waals surface area contributed by atoms with Crippen LogP contribution in [-0.4, -0.2) is 29.0 Å². The van der Waals surface area contributed by atoms with Crippen LogP contribution in [0.4, 0.5) is 17.6 Å². The predicted octanol–water partition coefficient (Wildman–Crippen LogP) is 3.68. The molecule has 0 atom stereocenters. The van der Waals surface area contributed by atoms with Gasteiger partial charge in [0.1, 0.15) is 0 Å². The maximum atomic E-state index is 5.91. The van der Waals surface area contributed by atoms with Gasteiger partial charge in [-0.05, 0) is 42.1 Å². The molecule has 0 aliphatic carbocycles. The number of nitrogens with one attached hydrogen (secondary N) is 1. The van der Waals surface area contributed by atoms with Crippen LogP contribution >= 0.6 is 11.6 Å². The lowest BCUT2D eigenvalue weighted by Crippen LogP contribution is -2.14. The maximum absolute atomic E-state index is 5.91. The van der Waals surface area contributed by atoms with Crippen LogP contribution < -0.4 is 10.2 Å². The molecule has 0 amide bonds. The zero-order chi connectivity index (χ0) is 15.2. The summed E-state index contributed by atoms with van der Waals surface area (Å²) in [7, 11) is 3.72. The van der Waals surface area contributed by atoms with Gasteiger partial charge >= 0.3 is 0 Å². The number of hydrogen-bond acceptors (Lipinski definition) is 5. The van der Waals surface area contributed by atoms with Crippen molar-refractivity contribution in [3.63, 3.8) is 0 Å². The topological polar surface area (TPSA) is 53.9 Å². The fourth-order valence-electron chi connectivity index (χ4n) is 1.86. The molecular formula is C15H20ClN5. The monoisotopic (exact) mass is 305 g/mol. The third-order valence-corrected chi connectivity index (χ3v) is 3.19. The van der Waals surface area contributed by atoms with Crippen molar-refractivity contribution < 1.29 is 0 Å². The van der Waals surface area contributed by atoms with Crippen LogP contribution in [0, 0.1) is 0 Å². The first-order chi connectivity index (χ1) is 10.1. The molecule has 0 radical (unpaired) electrons. The summed E-state index contributed by atoms with van der Waals surface area (Å²) in [6, 6.07) is 8.29. The fraction of sp³-hybridized carbons (Fsp3) is 0.400. The quantitative estimate of drug-likeness (QED) is 0.882. The first kappa shape index (κ1) is 15.5. The largest absolute Gasteiger partial charge is 0.347 e. The van der Waals surface area contributed by atoms with E-state index >= 15 is 0 Å².